The minimum Gasteiger partial charge on any atom is -0.479 e. The molecule has 0 saturated carbocycles. The Morgan fingerprint density at radius 1 is 1.47 bits per heavy atom. The first-order chi connectivity index (χ1) is 9.01. The van der Waals surface area contributed by atoms with Gasteiger partial charge >= 0.3 is 0 Å². The topological polar surface area (TPSA) is 62.1 Å². The Labute approximate surface area is 113 Å². The number of nitrogens with one attached hydrogen (secondary N) is 1. The van der Waals surface area contributed by atoms with Gasteiger partial charge in [-0.3, -0.25) is 4.79 Å². The number of nitrogens with zero attached hydrogens (tertiary/aromatic N) is 1. The summed E-state index contributed by atoms with van der Waals surface area (Å²) in [5.41, 5.74) is 1.73. The van der Waals surface area contributed by atoms with Gasteiger partial charge in [0.05, 0.1) is 17.7 Å². The van der Waals surface area contributed by atoms with E-state index in [1.54, 1.807) is 6.92 Å². The smallest absolute Gasteiger partial charge is 0.265 e. The molecule has 19 heavy (non-hydrogen) atoms. The van der Waals surface area contributed by atoms with Crippen molar-refractivity contribution in [1.82, 2.24) is 0 Å². The van der Waals surface area contributed by atoms with E-state index in [1.165, 1.54) is 0 Å². The molecule has 100 valence electrons. The number of anilines is 1. The van der Waals surface area contributed by atoms with E-state index in [9.17, 15) is 4.79 Å². The van der Waals surface area contributed by atoms with Crippen LogP contribution in [0.4, 0.5) is 5.69 Å². The highest BCUT2D eigenvalue weighted by atomic mass is 16.5. The van der Waals surface area contributed by atoms with Crippen LogP contribution in [-0.4, -0.2) is 12.0 Å². The lowest BCUT2D eigenvalue weighted by atomic mass is 9.90. The molecule has 0 spiro atoms. The van der Waals surface area contributed by atoms with Gasteiger partial charge in [-0.05, 0) is 37.0 Å². The zero-order valence-electron chi connectivity index (χ0n) is 11.4. The van der Waals surface area contributed by atoms with Gasteiger partial charge in [-0.15, -0.1) is 0 Å². The maximum Gasteiger partial charge on any atom is 0.265 e. The Balaban J connectivity index is 2.20. The molecule has 1 N–H and O–H groups in total. The number of rotatable bonds is 3. The van der Waals surface area contributed by atoms with E-state index in [4.69, 9.17) is 10.00 Å². The average molecular weight is 258 g/mol. The molecular formula is C15H18N2O2. The molecule has 0 aromatic heterocycles. The van der Waals surface area contributed by atoms with Crippen molar-refractivity contribution in [2.45, 2.75) is 33.3 Å². The number of ether oxygens (including phenoxy) is 1. The molecule has 1 aliphatic heterocycles. The zero-order chi connectivity index (χ0) is 14.0. The van der Waals surface area contributed by atoms with Crippen LogP contribution < -0.4 is 10.1 Å². The second-order valence-electron chi connectivity index (χ2n) is 5.26. The van der Waals surface area contributed by atoms with Gasteiger partial charge in [-0.25, -0.2) is 0 Å². The molecule has 0 radical (unpaired) electrons. The molecular weight excluding hydrogens is 240 g/mol. The number of hydrogen-bond donors (Lipinski definition) is 1. The second kappa shape index (κ2) is 5.31. The number of benzene rings is 1. The first-order valence-corrected chi connectivity index (χ1v) is 6.51. The van der Waals surface area contributed by atoms with Crippen LogP contribution in [0.25, 0.3) is 0 Å². The van der Waals surface area contributed by atoms with Crippen LogP contribution in [0.2, 0.25) is 0 Å². The van der Waals surface area contributed by atoms with E-state index in [2.05, 4.69) is 11.4 Å². The van der Waals surface area contributed by atoms with E-state index in [1.807, 2.05) is 32.0 Å². The second-order valence-corrected chi connectivity index (χ2v) is 5.26. The average Bonchev–Trinajstić information content (AvgIpc) is 2.37. The number of amides is 1. The molecule has 0 saturated heterocycles. The summed E-state index contributed by atoms with van der Waals surface area (Å²) < 4.78 is 5.50. The fourth-order valence-electron chi connectivity index (χ4n) is 2.07. The van der Waals surface area contributed by atoms with Crippen molar-refractivity contribution in [3.8, 4) is 11.8 Å². The van der Waals surface area contributed by atoms with Crippen LogP contribution in [0, 0.1) is 23.2 Å². The summed E-state index contributed by atoms with van der Waals surface area (Å²) in [6.45, 7) is 5.80. The van der Waals surface area contributed by atoms with Gasteiger partial charge in [-0.2, -0.15) is 5.26 Å². The van der Waals surface area contributed by atoms with Crippen LogP contribution >= 0.6 is 0 Å². The van der Waals surface area contributed by atoms with Gasteiger partial charge in [0, 0.05) is 0 Å². The zero-order valence-corrected chi connectivity index (χ0v) is 11.4. The monoisotopic (exact) mass is 258 g/mol. The van der Waals surface area contributed by atoms with Crippen molar-refractivity contribution in [3.05, 3.63) is 23.8 Å². The van der Waals surface area contributed by atoms with E-state index >= 15 is 0 Å². The largest absolute Gasteiger partial charge is 0.479 e. The van der Waals surface area contributed by atoms with Gasteiger partial charge < -0.3 is 10.1 Å². The minimum atomic E-state index is -0.458. The fraction of sp³-hybridized carbons (Fsp3) is 0.467. The Morgan fingerprint density at radius 3 is 2.84 bits per heavy atom. The highest BCUT2D eigenvalue weighted by Gasteiger charge is 2.24. The Morgan fingerprint density at radius 2 is 2.21 bits per heavy atom. The van der Waals surface area contributed by atoms with Gasteiger partial charge in [0.2, 0.25) is 0 Å². The molecule has 1 aliphatic rings. The first-order valence-electron chi connectivity index (χ1n) is 6.51. The number of nitriles is 1. The maximum atomic E-state index is 11.6. The molecule has 1 amide bonds. The van der Waals surface area contributed by atoms with Gasteiger partial charge in [0.1, 0.15) is 5.75 Å². The summed E-state index contributed by atoms with van der Waals surface area (Å²) in [6, 6.07) is 8.03. The quantitative estimate of drug-likeness (QED) is 0.906. The first kappa shape index (κ1) is 13.4. The summed E-state index contributed by atoms with van der Waals surface area (Å²) in [7, 11) is 0. The third-order valence-electron chi connectivity index (χ3n) is 3.40. The Hall–Kier alpha value is -2.02. The third-order valence-corrected chi connectivity index (χ3v) is 3.40. The summed E-state index contributed by atoms with van der Waals surface area (Å²) in [4.78, 5) is 11.6. The molecule has 2 atom stereocenters. The normalized spacial score (nSPS) is 19.1. The van der Waals surface area contributed by atoms with E-state index < -0.39 is 6.10 Å². The molecule has 2 rings (SSSR count). The number of carbonyl (C=O) groups is 1. The summed E-state index contributed by atoms with van der Waals surface area (Å²) in [5, 5.41) is 12.0. The van der Waals surface area contributed by atoms with E-state index in [0.29, 0.717) is 23.8 Å². The standard InChI is InChI=1S/C15H18N2O2/c1-9(2)12(8-16)6-11-4-5-14-13(7-11)17-15(18)10(3)19-14/h4-5,7,9-10,12H,6H2,1-3H3,(H,17,18). The van der Waals surface area contributed by atoms with Gasteiger partial charge in [0.25, 0.3) is 5.91 Å². The molecule has 0 aliphatic carbocycles. The molecule has 1 aromatic rings. The van der Waals surface area contributed by atoms with E-state index in [-0.39, 0.29) is 11.8 Å². The third kappa shape index (κ3) is 2.87. The predicted octanol–water partition coefficient (Wildman–Crippen LogP) is 2.74. The lowest BCUT2D eigenvalue weighted by Gasteiger charge is -2.24. The molecule has 1 heterocycles. The fourth-order valence-corrected chi connectivity index (χ4v) is 2.07. The lowest BCUT2D eigenvalue weighted by Crippen LogP contribution is -2.34. The summed E-state index contributed by atoms with van der Waals surface area (Å²) >= 11 is 0. The van der Waals surface area contributed by atoms with E-state index in [0.717, 1.165) is 5.56 Å². The summed E-state index contributed by atoms with van der Waals surface area (Å²) in [5.74, 6) is 0.850. The van der Waals surface area contributed by atoms with Crippen LogP contribution in [0.1, 0.15) is 26.3 Å². The van der Waals surface area contributed by atoms with Crippen molar-refractivity contribution in [2.24, 2.45) is 11.8 Å². The number of hydrogen-bond acceptors (Lipinski definition) is 3. The van der Waals surface area contributed by atoms with Crippen LogP contribution in [0.5, 0.6) is 5.75 Å². The summed E-state index contributed by atoms with van der Waals surface area (Å²) in [6.07, 6.45) is 0.230. The van der Waals surface area contributed by atoms with Crippen LogP contribution in [0.3, 0.4) is 0 Å². The highest BCUT2D eigenvalue weighted by Crippen LogP contribution is 2.31. The number of fused-ring (bicyclic) bond motifs is 1. The predicted molar refractivity (Wildman–Crippen MR) is 72.8 cm³/mol. The molecule has 0 fully saturated rings. The van der Waals surface area contributed by atoms with Crippen molar-refractivity contribution in [1.29, 1.82) is 5.26 Å². The highest BCUT2D eigenvalue weighted by molar-refractivity contribution is 5.97. The van der Waals surface area contributed by atoms with Crippen molar-refractivity contribution < 1.29 is 9.53 Å². The molecule has 2 unspecified atom stereocenters. The van der Waals surface area contributed by atoms with Crippen molar-refractivity contribution in [2.75, 3.05) is 5.32 Å². The minimum absolute atomic E-state index is 0.0165. The van der Waals surface area contributed by atoms with Crippen molar-refractivity contribution in [3.63, 3.8) is 0 Å². The molecule has 4 nitrogen and oxygen atoms in total. The maximum absolute atomic E-state index is 11.6. The SMILES string of the molecule is CC1Oc2ccc(CC(C#N)C(C)C)cc2NC1=O. The molecule has 0 bridgehead atoms. The lowest BCUT2D eigenvalue weighted by molar-refractivity contribution is -0.122. The van der Waals surface area contributed by atoms with Gasteiger partial charge in [-0.1, -0.05) is 19.9 Å². The molecule has 1 aromatic carbocycles. The number of carbonyl (C=O) groups excluding carboxylic acids is 1. The Bertz CT molecular complexity index is 531. The Kier molecular flexibility index (Phi) is 3.75. The van der Waals surface area contributed by atoms with Crippen LogP contribution in [0.15, 0.2) is 18.2 Å². The van der Waals surface area contributed by atoms with Crippen molar-refractivity contribution >= 4 is 11.6 Å². The molecule has 4 heteroatoms. The van der Waals surface area contributed by atoms with Gasteiger partial charge in [0.15, 0.2) is 6.10 Å². The van der Waals surface area contributed by atoms with Crippen LogP contribution in [-0.2, 0) is 11.2 Å².